The van der Waals surface area contributed by atoms with Gasteiger partial charge in [0.15, 0.2) is 0 Å². The Bertz CT molecular complexity index is 154. The Morgan fingerprint density at radius 2 is 2.75 bits per heavy atom. The first-order valence-corrected chi connectivity index (χ1v) is 2.31. The van der Waals surface area contributed by atoms with Crippen LogP contribution >= 0.6 is 0 Å². The lowest BCUT2D eigenvalue weighted by Crippen LogP contribution is -2.17. The van der Waals surface area contributed by atoms with Crippen molar-refractivity contribution in [1.29, 1.82) is 5.26 Å². The zero-order valence-electron chi connectivity index (χ0n) is 4.60. The van der Waals surface area contributed by atoms with Crippen LogP contribution in [0.25, 0.3) is 0 Å². The van der Waals surface area contributed by atoms with Gasteiger partial charge in [-0.15, -0.1) is 0 Å². The van der Waals surface area contributed by atoms with Crippen molar-refractivity contribution in [2.75, 3.05) is 13.7 Å². The zero-order chi connectivity index (χ0) is 5.98. The highest BCUT2D eigenvalue weighted by atomic mass is 15.2. The van der Waals surface area contributed by atoms with E-state index in [2.05, 4.69) is 11.5 Å². The van der Waals surface area contributed by atoms with Gasteiger partial charge in [-0.1, -0.05) is 0 Å². The number of nitriles is 1. The van der Waals surface area contributed by atoms with Gasteiger partial charge in [-0.3, -0.25) is 0 Å². The van der Waals surface area contributed by atoms with Crippen molar-refractivity contribution in [2.45, 2.75) is 0 Å². The summed E-state index contributed by atoms with van der Waals surface area (Å²) in [6, 6.07) is 1.98. The summed E-state index contributed by atoms with van der Waals surface area (Å²) in [6.45, 7) is 0.697. The minimum Gasteiger partial charge on any atom is -0.364 e. The predicted octanol–water partition coefficient (Wildman–Crippen LogP) is -0.353. The molecule has 0 aromatic carbocycles. The van der Waals surface area contributed by atoms with Crippen molar-refractivity contribution < 1.29 is 0 Å². The van der Waals surface area contributed by atoms with Crippen LogP contribution in [0.2, 0.25) is 0 Å². The molecule has 0 unspecified atom stereocenters. The summed E-state index contributed by atoms with van der Waals surface area (Å²) >= 11 is 0. The van der Waals surface area contributed by atoms with Gasteiger partial charge in [0.25, 0.3) is 0 Å². The maximum absolute atomic E-state index is 8.31. The molecule has 0 saturated heterocycles. The Hall–Kier alpha value is -1.17. The summed E-state index contributed by atoms with van der Waals surface area (Å²) in [6.07, 6.45) is 2.69. The number of hydrogen-bond donors (Lipinski definition) is 1. The molecule has 0 aromatic rings. The maximum atomic E-state index is 8.31. The summed E-state index contributed by atoms with van der Waals surface area (Å²) < 4.78 is 0. The fourth-order valence-electron chi connectivity index (χ4n) is 0.530. The van der Waals surface area contributed by atoms with E-state index in [4.69, 9.17) is 5.26 Å². The number of rotatable bonds is 0. The molecular formula is C5H6N3. The highest BCUT2D eigenvalue weighted by Gasteiger charge is 2.07. The first-order chi connectivity index (χ1) is 3.84. The lowest BCUT2D eigenvalue weighted by Gasteiger charge is -2.06. The first kappa shape index (κ1) is 4.98. The largest absolute Gasteiger partial charge is 0.364 e. The molecule has 8 heavy (non-hydrogen) atoms. The van der Waals surface area contributed by atoms with Gasteiger partial charge < -0.3 is 10.2 Å². The van der Waals surface area contributed by atoms with Crippen LogP contribution in [0.5, 0.6) is 0 Å². The molecule has 1 N–H and O–H groups in total. The molecule has 0 atom stereocenters. The second-order valence-electron chi connectivity index (χ2n) is 1.62. The molecule has 0 saturated carbocycles. The molecule has 41 valence electrons. The van der Waals surface area contributed by atoms with E-state index in [-0.39, 0.29) is 0 Å². The molecule has 1 radical (unpaired) electrons. The van der Waals surface area contributed by atoms with E-state index < -0.39 is 0 Å². The fraction of sp³-hybridized carbons (Fsp3) is 0.400. The van der Waals surface area contributed by atoms with Gasteiger partial charge >= 0.3 is 0 Å². The highest BCUT2D eigenvalue weighted by Crippen LogP contribution is 1.99. The van der Waals surface area contributed by atoms with Crippen LogP contribution in [0.15, 0.2) is 5.70 Å². The summed E-state index contributed by atoms with van der Waals surface area (Å²) in [5.41, 5.74) is 0.574. The number of nitrogens with one attached hydrogen (secondary N) is 1. The highest BCUT2D eigenvalue weighted by molar-refractivity contribution is 5.17. The van der Waals surface area contributed by atoms with Gasteiger partial charge in [0, 0.05) is 7.05 Å². The van der Waals surface area contributed by atoms with Gasteiger partial charge in [-0.25, -0.2) is 0 Å². The third-order valence-electron chi connectivity index (χ3n) is 1.01. The molecule has 0 aromatic heterocycles. The van der Waals surface area contributed by atoms with Crippen LogP contribution in [-0.2, 0) is 0 Å². The smallest absolute Gasteiger partial charge is 0.143 e. The fourth-order valence-corrected chi connectivity index (χ4v) is 0.530. The molecule has 0 bridgehead atoms. The van der Waals surface area contributed by atoms with E-state index in [0.29, 0.717) is 12.4 Å². The van der Waals surface area contributed by atoms with Gasteiger partial charge in [0.1, 0.15) is 11.8 Å². The SMILES string of the molecule is CN1CN[C]=C1C#N. The van der Waals surface area contributed by atoms with E-state index >= 15 is 0 Å². The summed E-state index contributed by atoms with van der Waals surface area (Å²) in [7, 11) is 1.84. The van der Waals surface area contributed by atoms with E-state index in [9.17, 15) is 0 Å². The predicted molar refractivity (Wildman–Crippen MR) is 28.1 cm³/mol. The number of nitrogens with zero attached hydrogens (tertiary/aromatic N) is 2. The van der Waals surface area contributed by atoms with Crippen LogP contribution in [0.3, 0.4) is 0 Å². The van der Waals surface area contributed by atoms with Crippen molar-refractivity contribution in [1.82, 2.24) is 10.2 Å². The normalized spacial score (nSPS) is 17.0. The maximum Gasteiger partial charge on any atom is 0.143 e. The van der Waals surface area contributed by atoms with Crippen molar-refractivity contribution >= 4 is 0 Å². The van der Waals surface area contributed by atoms with Gasteiger partial charge in [0.05, 0.1) is 12.9 Å². The third kappa shape index (κ3) is 0.604. The van der Waals surface area contributed by atoms with Crippen LogP contribution in [0.1, 0.15) is 0 Å². The summed E-state index contributed by atoms with van der Waals surface area (Å²) in [5.74, 6) is 0. The number of hydrogen-bond acceptors (Lipinski definition) is 3. The average Bonchev–Trinajstić information content (AvgIpc) is 2.14. The van der Waals surface area contributed by atoms with Crippen molar-refractivity contribution in [3.63, 3.8) is 0 Å². The molecular weight excluding hydrogens is 102 g/mol. The molecule has 0 spiro atoms. The van der Waals surface area contributed by atoms with Crippen LogP contribution in [0.4, 0.5) is 0 Å². The molecule has 3 heteroatoms. The molecule has 1 aliphatic heterocycles. The molecule has 1 heterocycles. The monoisotopic (exact) mass is 108 g/mol. The number of allylic oxidation sites excluding steroid dienone is 1. The molecule has 1 rings (SSSR count). The molecule has 0 fully saturated rings. The van der Waals surface area contributed by atoms with E-state index in [1.54, 1.807) is 4.90 Å². The lowest BCUT2D eigenvalue weighted by molar-refractivity contribution is 0.455. The molecule has 1 aliphatic rings. The molecule has 0 aliphatic carbocycles. The molecule has 0 amide bonds. The quantitative estimate of drug-likeness (QED) is 0.461. The standard InChI is InChI=1S/C5H6N3/c1-8-4-7-3-5(8)2-6/h7H,4H2,1H3. The Labute approximate surface area is 48.2 Å². The van der Waals surface area contributed by atoms with Crippen LogP contribution in [-0.4, -0.2) is 18.6 Å². The third-order valence-corrected chi connectivity index (χ3v) is 1.01. The Balaban J connectivity index is 2.66. The van der Waals surface area contributed by atoms with E-state index in [1.807, 2.05) is 13.1 Å². The van der Waals surface area contributed by atoms with E-state index in [0.717, 1.165) is 0 Å². The Morgan fingerprint density at radius 1 is 2.00 bits per heavy atom. The second-order valence-corrected chi connectivity index (χ2v) is 1.62. The zero-order valence-corrected chi connectivity index (χ0v) is 4.60. The van der Waals surface area contributed by atoms with E-state index in [1.165, 1.54) is 0 Å². The van der Waals surface area contributed by atoms with Gasteiger partial charge in [0.2, 0.25) is 0 Å². The van der Waals surface area contributed by atoms with Crippen molar-refractivity contribution in [2.24, 2.45) is 0 Å². The van der Waals surface area contributed by atoms with Crippen molar-refractivity contribution in [3.8, 4) is 6.07 Å². The Kier molecular flexibility index (Phi) is 1.09. The summed E-state index contributed by atoms with van der Waals surface area (Å²) in [5, 5.41) is 11.1. The van der Waals surface area contributed by atoms with Crippen molar-refractivity contribution in [3.05, 3.63) is 11.9 Å². The van der Waals surface area contributed by atoms with Gasteiger partial charge in [-0.2, -0.15) is 5.26 Å². The first-order valence-electron chi connectivity index (χ1n) is 2.31. The average molecular weight is 108 g/mol. The minimum atomic E-state index is 0.574. The summed E-state index contributed by atoms with van der Waals surface area (Å²) in [4.78, 5) is 1.79. The van der Waals surface area contributed by atoms with Gasteiger partial charge in [-0.05, 0) is 0 Å². The topological polar surface area (TPSA) is 39.1 Å². The minimum absolute atomic E-state index is 0.574. The lowest BCUT2D eigenvalue weighted by atomic mass is 10.5. The second kappa shape index (κ2) is 1.74. The molecule has 3 nitrogen and oxygen atoms in total. The van der Waals surface area contributed by atoms with Crippen LogP contribution in [0, 0.1) is 17.5 Å². The Morgan fingerprint density at radius 3 is 3.00 bits per heavy atom. The van der Waals surface area contributed by atoms with Crippen LogP contribution < -0.4 is 5.32 Å².